The minimum Gasteiger partial charge on any atom is -0.362 e. The van der Waals surface area contributed by atoms with Crippen LogP contribution in [0.5, 0.6) is 0 Å². The van der Waals surface area contributed by atoms with Crippen LogP contribution in [0, 0.1) is 4.91 Å². The van der Waals surface area contributed by atoms with Gasteiger partial charge in [-0.05, 0) is 50.4 Å². The molecule has 20 heavy (non-hydrogen) atoms. The normalized spacial score (nSPS) is 19.1. The average Bonchev–Trinajstić information content (AvgIpc) is 2.42. The highest BCUT2D eigenvalue weighted by Gasteiger charge is 2.36. The second-order valence-corrected chi connectivity index (χ2v) is 6.13. The van der Waals surface area contributed by atoms with Crippen LogP contribution in [-0.4, -0.2) is 18.4 Å². The van der Waals surface area contributed by atoms with Crippen molar-refractivity contribution in [1.82, 2.24) is 0 Å². The lowest BCUT2D eigenvalue weighted by atomic mass is 9.82. The number of allylic oxidation sites excluding steroid dienone is 1. The maximum absolute atomic E-state index is 11.2. The molecule has 4 nitrogen and oxygen atoms in total. The molecule has 0 aromatic heterocycles. The van der Waals surface area contributed by atoms with Crippen molar-refractivity contribution in [2.45, 2.75) is 39.2 Å². The number of carbonyl (C=O) groups is 1. The molecule has 104 valence electrons. The van der Waals surface area contributed by atoms with Gasteiger partial charge in [-0.25, -0.2) is 0 Å². The van der Waals surface area contributed by atoms with Crippen LogP contribution in [-0.2, 0) is 6.42 Å². The van der Waals surface area contributed by atoms with Crippen LogP contribution in [0.2, 0.25) is 0 Å². The molecule has 2 aliphatic heterocycles. The summed E-state index contributed by atoms with van der Waals surface area (Å²) >= 11 is 0. The molecule has 0 aliphatic carbocycles. The summed E-state index contributed by atoms with van der Waals surface area (Å²) < 4.78 is 0. The zero-order valence-electron chi connectivity index (χ0n) is 12.1. The lowest BCUT2D eigenvalue weighted by Crippen LogP contribution is -2.47. The molecule has 3 rings (SSSR count). The second-order valence-electron chi connectivity index (χ2n) is 6.13. The summed E-state index contributed by atoms with van der Waals surface area (Å²) in [7, 11) is 0. The quantitative estimate of drug-likeness (QED) is 0.606. The number of nitroso groups, excluding NO2 is 1. The van der Waals surface area contributed by atoms with E-state index in [1.54, 1.807) is 0 Å². The van der Waals surface area contributed by atoms with Crippen LogP contribution >= 0.6 is 0 Å². The Labute approximate surface area is 118 Å². The molecule has 0 atom stereocenters. The Hall–Kier alpha value is -1.97. The third kappa shape index (κ3) is 1.64. The minimum atomic E-state index is -0.0743. The molecule has 0 N–H and O–H groups in total. The van der Waals surface area contributed by atoms with E-state index in [4.69, 9.17) is 0 Å². The summed E-state index contributed by atoms with van der Waals surface area (Å²) in [6, 6.07) is 1.81. The molecular weight excluding hydrogens is 252 g/mol. The first kappa shape index (κ1) is 13.0. The molecule has 4 heteroatoms. The summed E-state index contributed by atoms with van der Waals surface area (Å²) in [4.78, 5) is 24.8. The van der Waals surface area contributed by atoms with Gasteiger partial charge in [-0.15, -0.1) is 4.91 Å². The number of nitrogens with zero attached hydrogens (tertiary/aromatic N) is 2. The number of carbonyl (C=O) groups excluding carboxylic acids is 1. The van der Waals surface area contributed by atoms with E-state index in [0.29, 0.717) is 11.3 Å². The van der Waals surface area contributed by atoms with E-state index < -0.39 is 0 Å². The van der Waals surface area contributed by atoms with E-state index in [-0.39, 0.29) is 5.54 Å². The van der Waals surface area contributed by atoms with E-state index in [2.05, 4.69) is 36.9 Å². The molecule has 0 spiro atoms. The van der Waals surface area contributed by atoms with Gasteiger partial charge >= 0.3 is 0 Å². The Morgan fingerprint density at radius 2 is 2.15 bits per heavy atom. The number of rotatable bonds is 2. The molecule has 2 heterocycles. The Kier molecular flexibility index (Phi) is 2.78. The van der Waals surface area contributed by atoms with Gasteiger partial charge < -0.3 is 4.90 Å². The maximum atomic E-state index is 11.2. The van der Waals surface area contributed by atoms with Crippen LogP contribution in [0.4, 0.5) is 11.4 Å². The molecular formula is C16H18N2O2. The third-order valence-electron chi connectivity index (χ3n) is 4.39. The molecule has 1 aromatic carbocycles. The van der Waals surface area contributed by atoms with Crippen molar-refractivity contribution in [3.05, 3.63) is 33.7 Å². The lowest BCUT2D eigenvalue weighted by Gasteiger charge is -2.46. The van der Waals surface area contributed by atoms with Crippen molar-refractivity contribution in [3.63, 3.8) is 0 Å². The predicted molar refractivity (Wildman–Crippen MR) is 80.7 cm³/mol. The standard InChI is InChI=1S/C16H18N2O2/c1-10-8-16(2,3)18-6-4-5-12-14(17-20)11(9-19)7-13(10)15(12)18/h7-9H,4-6H2,1-3H3. The van der Waals surface area contributed by atoms with Crippen molar-refractivity contribution >= 4 is 23.2 Å². The predicted octanol–water partition coefficient (Wildman–Crippen LogP) is 3.85. The highest BCUT2D eigenvalue weighted by molar-refractivity contribution is 5.94. The highest BCUT2D eigenvalue weighted by Crippen LogP contribution is 2.47. The summed E-state index contributed by atoms with van der Waals surface area (Å²) in [5, 5.41) is 3.13. The SMILES string of the molecule is CC1=CC(C)(C)N2CCCc3c(N=O)c(C=O)cc1c32. The van der Waals surface area contributed by atoms with Crippen LogP contribution < -0.4 is 4.90 Å². The molecule has 2 aliphatic rings. The van der Waals surface area contributed by atoms with Gasteiger partial charge in [0.25, 0.3) is 0 Å². The summed E-state index contributed by atoms with van der Waals surface area (Å²) in [6.45, 7) is 7.38. The lowest BCUT2D eigenvalue weighted by molar-refractivity contribution is 0.112. The first-order chi connectivity index (χ1) is 9.49. The third-order valence-corrected chi connectivity index (χ3v) is 4.39. The smallest absolute Gasteiger partial charge is 0.152 e. The van der Waals surface area contributed by atoms with Gasteiger partial charge in [0.2, 0.25) is 0 Å². The molecule has 0 unspecified atom stereocenters. The Balaban J connectivity index is 2.38. The number of aldehydes is 1. The van der Waals surface area contributed by atoms with Crippen LogP contribution in [0.3, 0.4) is 0 Å². The fourth-order valence-corrected chi connectivity index (χ4v) is 3.57. The topological polar surface area (TPSA) is 49.7 Å². The minimum absolute atomic E-state index is 0.0743. The van der Waals surface area contributed by atoms with Crippen LogP contribution in [0.15, 0.2) is 17.3 Å². The van der Waals surface area contributed by atoms with Gasteiger partial charge in [-0.3, -0.25) is 4.79 Å². The largest absolute Gasteiger partial charge is 0.362 e. The van der Waals surface area contributed by atoms with Gasteiger partial charge in [0.15, 0.2) is 6.29 Å². The molecule has 0 amide bonds. The summed E-state index contributed by atoms with van der Waals surface area (Å²) in [5.74, 6) is 0. The van der Waals surface area contributed by atoms with Crippen molar-refractivity contribution in [2.24, 2.45) is 5.18 Å². The maximum Gasteiger partial charge on any atom is 0.152 e. The van der Waals surface area contributed by atoms with Crippen molar-refractivity contribution < 1.29 is 4.79 Å². The van der Waals surface area contributed by atoms with Gasteiger partial charge in [0.05, 0.1) is 11.2 Å². The Morgan fingerprint density at radius 1 is 1.40 bits per heavy atom. The summed E-state index contributed by atoms with van der Waals surface area (Å²) in [5.41, 5.74) is 4.91. The zero-order chi connectivity index (χ0) is 14.5. The van der Waals surface area contributed by atoms with Crippen molar-refractivity contribution in [1.29, 1.82) is 0 Å². The molecule has 0 saturated heterocycles. The molecule has 0 bridgehead atoms. The number of hydrogen-bond acceptors (Lipinski definition) is 4. The average molecular weight is 270 g/mol. The molecule has 1 aromatic rings. The van der Waals surface area contributed by atoms with E-state index in [9.17, 15) is 9.70 Å². The molecule has 0 saturated carbocycles. The highest BCUT2D eigenvalue weighted by atomic mass is 16.3. The Bertz CT molecular complexity index is 644. The molecule has 0 radical (unpaired) electrons. The monoisotopic (exact) mass is 270 g/mol. The van der Waals surface area contributed by atoms with Gasteiger partial charge in [-0.1, -0.05) is 6.08 Å². The first-order valence-electron chi connectivity index (χ1n) is 6.95. The number of benzene rings is 1. The Morgan fingerprint density at radius 3 is 2.80 bits per heavy atom. The van der Waals surface area contributed by atoms with E-state index in [1.165, 1.54) is 0 Å². The zero-order valence-corrected chi connectivity index (χ0v) is 12.1. The van der Waals surface area contributed by atoms with Gasteiger partial charge in [0, 0.05) is 23.2 Å². The molecule has 0 fully saturated rings. The summed E-state index contributed by atoms with van der Waals surface area (Å²) in [6.07, 6.45) is 4.76. The number of anilines is 1. The fourth-order valence-electron chi connectivity index (χ4n) is 3.57. The van der Waals surface area contributed by atoms with E-state index in [1.807, 2.05) is 6.07 Å². The number of hydrogen-bond donors (Lipinski definition) is 0. The fraction of sp³-hybridized carbons (Fsp3) is 0.438. The van der Waals surface area contributed by atoms with Crippen LogP contribution in [0.1, 0.15) is 48.7 Å². The second kappa shape index (κ2) is 4.27. The van der Waals surface area contributed by atoms with E-state index in [0.717, 1.165) is 48.1 Å². The van der Waals surface area contributed by atoms with Crippen molar-refractivity contribution in [3.8, 4) is 0 Å². The van der Waals surface area contributed by atoms with Gasteiger partial charge in [0.1, 0.15) is 5.69 Å². The first-order valence-corrected chi connectivity index (χ1v) is 6.95. The van der Waals surface area contributed by atoms with Gasteiger partial charge in [-0.2, -0.15) is 0 Å². The van der Waals surface area contributed by atoms with Crippen molar-refractivity contribution in [2.75, 3.05) is 11.4 Å². The van der Waals surface area contributed by atoms with E-state index >= 15 is 0 Å². The van der Waals surface area contributed by atoms with Crippen LogP contribution in [0.25, 0.3) is 5.57 Å².